The van der Waals surface area contributed by atoms with Crippen LogP contribution in [0.5, 0.6) is 17.2 Å². The summed E-state index contributed by atoms with van der Waals surface area (Å²) in [4.78, 5) is 16.9. The van der Waals surface area contributed by atoms with Crippen LogP contribution in [0.25, 0.3) is 0 Å². The number of benzene rings is 2. The zero-order valence-corrected chi connectivity index (χ0v) is 15.0. The standard InChI is InChI=1S/C19H22N2O5/c1-23-16-7-5-4-6-15(16)12-20-19(22)13-26-21-11-14-8-9-17(24-2)18(10-14)25-3/h4-11H,12-13H2,1-3H3,(H,20,22)/b21-11-. The van der Waals surface area contributed by atoms with Gasteiger partial charge in [-0.1, -0.05) is 23.4 Å². The van der Waals surface area contributed by atoms with Crippen molar-refractivity contribution < 1.29 is 23.8 Å². The Morgan fingerprint density at radius 3 is 2.46 bits per heavy atom. The van der Waals surface area contributed by atoms with Crippen LogP contribution in [-0.2, 0) is 16.2 Å². The predicted octanol–water partition coefficient (Wildman–Crippen LogP) is 2.38. The summed E-state index contributed by atoms with van der Waals surface area (Å²) in [5.74, 6) is 1.66. The molecule has 0 aliphatic heterocycles. The zero-order chi connectivity index (χ0) is 18.8. The number of para-hydroxylation sites is 1. The lowest BCUT2D eigenvalue weighted by Crippen LogP contribution is -2.26. The summed E-state index contributed by atoms with van der Waals surface area (Å²) >= 11 is 0. The average Bonchev–Trinajstić information content (AvgIpc) is 2.69. The topological polar surface area (TPSA) is 78.4 Å². The maximum atomic E-state index is 11.8. The molecule has 138 valence electrons. The molecule has 1 N–H and O–H groups in total. The first kappa shape index (κ1) is 19.1. The van der Waals surface area contributed by atoms with Gasteiger partial charge in [-0.25, -0.2) is 0 Å². The number of oxime groups is 1. The molecule has 7 nitrogen and oxygen atoms in total. The number of ether oxygens (including phenoxy) is 3. The maximum Gasteiger partial charge on any atom is 0.261 e. The lowest BCUT2D eigenvalue weighted by molar-refractivity contribution is -0.125. The van der Waals surface area contributed by atoms with Crippen LogP contribution in [0.1, 0.15) is 11.1 Å². The third-order valence-corrected chi connectivity index (χ3v) is 3.55. The number of nitrogens with zero attached hydrogens (tertiary/aromatic N) is 1. The van der Waals surface area contributed by atoms with Crippen molar-refractivity contribution in [1.29, 1.82) is 0 Å². The van der Waals surface area contributed by atoms with Crippen LogP contribution in [0.3, 0.4) is 0 Å². The Morgan fingerprint density at radius 2 is 1.73 bits per heavy atom. The van der Waals surface area contributed by atoms with E-state index in [0.717, 1.165) is 16.9 Å². The van der Waals surface area contributed by atoms with E-state index in [9.17, 15) is 4.79 Å². The smallest absolute Gasteiger partial charge is 0.261 e. The second kappa shape index (κ2) is 9.93. The summed E-state index contributed by atoms with van der Waals surface area (Å²) in [7, 11) is 4.71. The summed E-state index contributed by atoms with van der Waals surface area (Å²) in [6.45, 7) is 0.171. The second-order valence-corrected chi connectivity index (χ2v) is 5.21. The third kappa shape index (κ3) is 5.41. The molecule has 0 aliphatic carbocycles. The molecule has 0 spiro atoms. The van der Waals surface area contributed by atoms with Crippen LogP contribution in [0.4, 0.5) is 0 Å². The number of methoxy groups -OCH3 is 3. The van der Waals surface area contributed by atoms with Crippen molar-refractivity contribution in [3.8, 4) is 17.2 Å². The van der Waals surface area contributed by atoms with Crippen molar-refractivity contribution >= 4 is 12.1 Å². The Hall–Kier alpha value is -3.22. The summed E-state index contributed by atoms with van der Waals surface area (Å²) in [5, 5.41) is 6.55. The first-order valence-electron chi connectivity index (χ1n) is 7.94. The Morgan fingerprint density at radius 1 is 1.00 bits per heavy atom. The number of amides is 1. The third-order valence-electron chi connectivity index (χ3n) is 3.55. The molecule has 2 aromatic rings. The number of carbonyl (C=O) groups excluding carboxylic acids is 1. The van der Waals surface area contributed by atoms with Gasteiger partial charge in [-0.15, -0.1) is 0 Å². The molecule has 0 unspecified atom stereocenters. The van der Waals surface area contributed by atoms with E-state index in [0.29, 0.717) is 18.0 Å². The molecule has 0 fully saturated rings. The van der Waals surface area contributed by atoms with E-state index in [1.165, 1.54) is 6.21 Å². The fourth-order valence-electron chi connectivity index (χ4n) is 2.22. The first-order chi connectivity index (χ1) is 12.7. The summed E-state index contributed by atoms with van der Waals surface area (Å²) < 4.78 is 15.6. The monoisotopic (exact) mass is 358 g/mol. The van der Waals surface area contributed by atoms with Gasteiger partial charge in [0.1, 0.15) is 5.75 Å². The molecule has 2 aromatic carbocycles. The lowest BCUT2D eigenvalue weighted by atomic mass is 10.2. The van der Waals surface area contributed by atoms with Crippen molar-refractivity contribution in [2.45, 2.75) is 6.54 Å². The largest absolute Gasteiger partial charge is 0.496 e. The van der Waals surface area contributed by atoms with Crippen LogP contribution in [-0.4, -0.2) is 40.1 Å². The SMILES string of the molecule is COc1ccccc1CNC(=O)CO/N=C\c1ccc(OC)c(OC)c1. The predicted molar refractivity (Wildman–Crippen MR) is 97.9 cm³/mol. The molecule has 0 aliphatic rings. The summed E-state index contributed by atoms with van der Waals surface area (Å²) in [6.07, 6.45) is 1.50. The first-order valence-corrected chi connectivity index (χ1v) is 7.94. The second-order valence-electron chi connectivity index (χ2n) is 5.21. The van der Waals surface area contributed by atoms with Crippen molar-refractivity contribution in [2.24, 2.45) is 5.16 Å². The van der Waals surface area contributed by atoms with E-state index in [2.05, 4.69) is 10.5 Å². The molecule has 0 saturated carbocycles. The molecule has 0 heterocycles. The molecule has 0 bridgehead atoms. The normalized spacial score (nSPS) is 10.4. The Kier molecular flexibility index (Phi) is 7.30. The van der Waals surface area contributed by atoms with Gasteiger partial charge in [0.25, 0.3) is 5.91 Å². The van der Waals surface area contributed by atoms with E-state index in [4.69, 9.17) is 19.0 Å². The van der Waals surface area contributed by atoms with E-state index in [1.807, 2.05) is 24.3 Å². The molecule has 0 saturated heterocycles. The van der Waals surface area contributed by atoms with E-state index < -0.39 is 0 Å². The van der Waals surface area contributed by atoms with Gasteiger partial charge in [-0.3, -0.25) is 4.79 Å². The van der Waals surface area contributed by atoms with Crippen molar-refractivity contribution in [1.82, 2.24) is 5.32 Å². The minimum atomic E-state index is -0.277. The van der Waals surface area contributed by atoms with Gasteiger partial charge in [0.15, 0.2) is 18.1 Å². The van der Waals surface area contributed by atoms with Gasteiger partial charge in [0.2, 0.25) is 0 Å². The molecule has 0 atom stereocenters. The number of carbonyl (C=O) groups is 1. The highest BCUT2D eigenvalue weighted by molar-refractivity contribution is 5.81. The molecule has 0 radical (unpaired) electrons. The average molecular weight is 358 g/mol. The number of hydrogen-bond donors (Lipinski definition) is 1. The van der Waals surface area contributed by atoms with Crippen LogP contribution in [0.15, 0.2) is 47.6 Å². The molecule has 7 heteroatoms. The highest BCUT2D eigenvalue weighted by atomic mass is 16.6. The molecule has 2 rings (SSSR count). The van der Waals surface area contributed by atoms with E-state index in [-0.39, 0.29) is 12.5 Å². The van der Waals surface area contributed by atoms with Crippen LogP contribution < -0.4 is 19.5 Å². The van der Waals surface area contributed by atoms with E-state index >= 15 is 0 Å². The fraction of sp³-hybridized carbons (Fsp3) is 0.263. The molecular weight excluding hydrogens is 336 g/mol. The molecule has 0 aromatic heterocycles. The van der Waals surface area contributed by atoms with Gasteiger partial charge in [0, 0.05) is 17.7 Å². The van der Waals surface area contributed by atoms with Crippen LogP contribution in [0, 0.1) is 0 Å². The summed E-state index contributed by atoms with van der Waals surface area (Å²) in [6, 6.07) is 12.8. The fourth-order valence-corrected chi connectivity index (χ4v) is 2.22. The van der Waals surface area contributed by atoms with Gasteiger partial charge >= 0.3 is 0 Å². The van der Waals surface area contributed by atoms with Crippen molar-refractivity contribution in [2.75, 3.05) is 27.9 Å². The van der Waals surface area contributed by atoms with Gasteiger partial charge in [-0.2, -0.15) is 0 Å². The van der Waals surface area contributed by atoms with E-state index in [1.54, 1.807) is 39.5 Å². The van der Waals surface area contributed by atoms with Gasteiger partial charge < -0.3 is 24.4 Å². The Balaban J connectivity index is 1.80. The lowest BCUT2D eigenvalue weighted by Gasteiger charge is -2.09. The number of rotatable bonds is 9. The minimum Gasteiger partial charge on any atom is -0.496 e. The van der Waals surface area contributed by atoms with Crippen LogP contribution in [0.2, 0.25) is 0 Å². The van der Waals surface area contributed by atoms with Crippen LogP contribution >= 0.6 is 0 Å². The minimum absolute atomic E-state index is 0.182. The Bertz CT molecular complexity index is 761. The number of nitrogens with one attached hydrogen (secondary N) is 1. The maximum absolute atomic E-state index is 11.8. The van der Waals surface area contributed by atoms with Gasteiger partial charge in [-0.05, 0) is 24.3 Å². The van der Waals surface area contributed by atoms with Crippen molar-refractivity contribution in [3.63, 3.8) is 0 Å². The highest BCUT2D eigenvalue weighted by Crippen LogP contribution is 2.26. The Labute approximate surface area is 152 Å². The zero-order valence-electron chi connectivity index (χ0n) is 15.0. The molecular formula is C19H22N2O5. The molecule has 1 amide bonds. The highest BCUT2D eigenvalue weighted by Gasteiger charge is 2.06. The molecule has 26 heavy (non-hydrogen) atoms. The summed E-state index contributed by atoms with van der Waals surface area (Å²) in [5.41, 5.74) is 1.65. The van der Waals surface area contributed by atoms with Gasteiger partial charge in [0.05, 0.1) is 27.5 Å². The van der Waals surface area contributed by atoms with Crippen molar-refractivity contribution in [3.05, 3.63) is 53.6 Å². The number of hydrogen-bond acceptors (Lipinski definition) is 6. The quantitative estimate of drug-likeness (QED) is 0.550.